The third kappa shape index (κ3) is 8.15. The van der Waals surface area contributed by atoms with Gasteiger partial charge in [-0.05, 0) is 72.9 Å². The summed E-state index contributed by atoms with van der Waals surface area (Å²) < 4.78 is 27.3. The second-order valence-electron chi connectivity index (χ2n) is 9.52. The molecule has 0 atom stereocenters. The Labute approximate surface area is 199 Å². The van der Waals surface area contributed by atoms with Gasteiger partial charge < -0.3 is 0 Å². The molecule has 1 fully saturated rings. The molecule has 0 amide bonds. The lowest BCUT2D eigenvalue weighted by molar-refractivity contribution is 0.0458. The Morgan fingerprint density at radius 2 is 1.61 bits per heavy atom. The molecule has 1 aliphatic carbocycles. The van der Waals surface area contributed by atoms with Crippen molar-refractivity contribution in [3.63, 3.8) is 0 Å². The Morgan fingerprint density at radius 3 is 2.30 bits per heavy atom. The summed E-state index contributed by atoms with van der Waals surface area (Å²) in [6.07, 6.45) is 13.5. The highest BCUT2D eigenvalue weighted by Crippen LogP contribution is 2.38. The number of alkyl halides is 2. The van der Waals surface area contributed by atoms with Crippen LogP contribution in [-0.4, -0.2) is 5.92 Å². The Bertz CT molecular complexity index is 935. The Hall–Kier alpha value is -2.40. The zero-order valence-electron chi connectivity index (χ0n) is 20.3. The van der Waals surface area contributed by atoms with E-state index in [0.717, 1.165) is 28.7 Å². The van der Waals surface area contributed by atoms with Crippen molar-refractivity contribution in [1.29, 1.82) is 0 Å². The fourth-order valence-corrected chi connectivity index (χ4v) is 4.86. The average molecular weight is 449 g/mol. The number of hydrogen-bond donors (Lipinski definition) is 0. The quantitative estimate of drug-likeness (QED) is 0.265. The highest BCUT2D eigenvalue weighted by Gasteiger charge is 2.24. The van der Waals surface area contributed by atoms with E-state index in [4.69, 9.17) is 0 Å². The number of rotatable bonds is 9. The zero-order valence-corrected chi connectivity index (χ0v) is 20.3. The summed E-state index contributed by atoms with van der Waals surface area (Å²) in [4.78, 5) is 0. The van der Waals surface area contributed by atoms with Crippen LogP contribution in [0.25, 0.3) is 6.08 Å². The summed E-state index contributed by atoms with van der Waals surface area (Å²) >= 11 is 0. The van der Waals surface area contributed by atoms with Crippen molar-refractivity contribution >= 4 is 6.08 Å². The van der Waals surface area contributed by atoms with E-state index in [2.05, 4.69) is 43.0 Å². The first-order valence-electron chi connectivity index (χ1n) is 12.8. The topological polar surface area (TPSA) is 0 Å². The summed E-state index contributed by atoms with van der Waals surface area (Å²) in [5.41, 5.74) is 4.18. The molecule has 0 aromatic heterocycles. The van der Waals surface area contributed by atoms with Crippen molar-refractivity contribution in [1.82, 2.24) is 0 Å². The summed E-state index contributed by atoms with van der Waals surface area (Å²) in [5.74, 6) is 5.43. The second-order valence-corrected chi connectivity index (χ2v) is 9.52. The van der Waals surface area contributed by atoms with Crippen molar-refractivity contribution in [3.05, 3.63) is 76.9 Å². The maximum Gasteiger partial charge on any atom is 0.266 e. The van der Waals surface area contributed by atoms with Gasteiger partial charge in [-0.3, -0.25) is 0 Å². The SMILES string of the molecule is CCCCCC1CCC(c2ccccc2C#Cc2ccc(/C=C/C(F)(F)CCC)cc2)CC1. The Morgan fingerprint density at radius 1 is 0.879 bits per heavy atom. The minimum absolute atomic E-state index is 0.118. The minimum Gasteiger partial charge on any atom is -0.202 e. The largest absolute Gasteiger partial charge is 0.266 e. The van der Waals surface area contributed by atoms with E-state index in [0.29, 0.717) is 12.3 Å². The summed E-state index contributed by atoms with van der Waals surface area (Å²) in [6.45, 7) is 4.04. The van der Waals surface area contributed by atoms with Gasteiger partial charge in [0.25, 0.3) is 5.92 Å². The molecule has 0 nitrogen and oxygen atoms in total. The molecule has 176 valence electrons. The summed E-state index contributed by atoms with van der Waals surface area (Å²) in [7, 11) is 0. The highest BCUT2D eigenvalue weighted by molar-refractivity contribution is 5.54. The van der Waals surface area contributed by atoms with Crippen LogP contribution in [0.4, 0.5) is 8.78 Å². The molecule has 0 bridgehead atoms. The van der Waals surface area contributed by atoms with E-state index in [-0.39, 0.29) is 6.42 Å². The number of hydrogen-bond acceptors (Lipinski definition) is 0. The van der Waals surface area contributed by atoms with Crippen molar-refractivity contribution < 1.29 is 8.78 Å². The van der Waals surface area contributed by atoms with Gasteiger partial charge in [-0.1, -0.05) is 94.2 Å². The predicted octanol–water partition coefficient (Wildman–Crippen LogP) is 9.39. The van der Waals surface area contributed by atoms with E-state index in [1.807, 2.05) is 24.3 Å². The molecule has 0 saturated heterocycles. The molecule has 0 heterocycles. The van der Waals surface area contributed by atoms with Gasteiger partial charge in [0.05, 0.1) is 0 Å². The Kier molecular flexibility index (Phi) is 9.74. The summed E-state index contributed by atoms with van der Waals surface area (Å²) in [6, 6.07) is 16.1. The maximum atomic E-state index is 13.7. The molecule has 0 N–H and O–H groups in total. The van der Waals surface area contributed by atoms with Crippen molar-refractivity contribution in [2.75, 3.05) is 0 Å². The van der Waals surface area contributed by atoms with Crippen LogP contribution in [0.5, 0.6) is 0 Å². The molecule has 0 aliphatic heterocycles. The summed E-state index contributed by atoms with van der Waals surface area (Å²) in [5, 5.41) is 0. The number of benzene rings is 2. The fraction of sp³-hybridized carbons (Fsp3) is 0.484. The molecular weight excluding hydrogens is 410 g/mol. The first kappa shape index (κ1) is 25.2. The molecule has 2 heteroatoms. The first-order chi connectivity index (χ1) is 16.0. The normalized spacial score (nSPS) is 18.8. The van der Waals surface area contributed by atoms with Crippen LogP contribution in [0.15, 0.2) is 54.6 Å². The van der Waals surface area contributed by atoms with Crippen LogP contribution in [-0.2, 0) is 0 Å². The number of halogens is 2. The van der Waals surface area contributed by atoms with Crippen LogP contribution in [0.3, 0.4) is 0 Å². The van der Waals surface area contributed by atoms with Gasteiger partial charge >= 0.3 is 0 Å². The van der Waals surface area contributed by atoms with Gasteiger partial charge in [0.2, 0.25) is 0 Å². The molecule has 2 aromatic rings. The van der Waals surface area contributed by atoms with Gasteiger partial charge in [0.15, 0.2) is 0 Å². The van der Waals surface area contributed by atoms with Crippen LogP contribution in [0.2, 0.25) is 0 Å². The van der Waals surface area contributed by atoms with E-state index >= 15 is 0 Å². The molecule has 1 aliphatic rings. The lowest BCUT2D eigenvalue weighted by atomic mass is 9.76. The van der Waals surface area contributed by atoms with Gasteiger partial charge in [-0.15, -0.1) is 0 Å². The van der Waals surface area contributed by atoms with Crippen molar-refractivity contribution in [2.24, 2.45) is 5.92 Å². The number of allylic oxidation sites excluding steroid dienone is 1. The molecule has 0 unspecified atom stereocenters. The van der Waals surface area contributed by atoms with E-state index in [9.17, 15) is 8.78 Å². The van der Waals surface area contributed by atoms with Crippen LogP contribution in [0.1, 0.15) is 106 Å². The van der Waals surface area contributed by atoms with Gasteiger partial charge in [0.1, 0.15) is 0 Å². The standard InChI is InChI=1S/C31H38F2/c1-3-5-6-9-25-16-20-29(21-17-25)30-11-8-7-10-28(30)19-18-26-12-14-27(15-13-26)22-24-31(32,33)23-4-2/h7-8,10-15,22,24-25,29H,3-6,9,16-17,20-21,23H2,1-2H3/b24-22+. The van der Waals surface area contributed by atoms with E-state index in [1.54, 1.807) is 6.92 Å². The minimum atomic E-state index is -2.74. The predicted molar refractivity (Wildman–Crippen MR) is 137 cm³/mol. The fourth-order valence-electron chi connectivity index (χ4n) is 4.86. The average Bonchev–Trinajstić information content (AvgIpc) is 2.83. The van der Waals surface area contributed by atoms with Crippen molar-refractivity contribution in [2.45, 2.75) is 89.9 Å². The lowest BCUT2D eigenvalue weighted by Gasteiger charge is -2.29. The van der Waals surface area contributed by atoms with Crippen LogP contribution >= 0.6 is 0 Å². The molecule has 0 radical (unpaired) electrons. The third-order valence-corrected chi connectivity index (χ3v) is 6.82. The molecule has 2 aromatic carbocycles. The Balaban J connectivity index is 1.63. The zero-order chi connectivity index (χ0) is 23.5. The van der Waals surface area contributed by atoms with Gasteiger partial charge in [-0.25, -0.2) is 8.78 Å². The van der Waals surface area contributed by atoms with Crippen molar-refractivity contribution in [3.8, 4) is 11.8 Å². The van der Waals surface area contributed by atoms with E-state index in [1.165, 1.54) is 63.0 Å². The maximum absolute atomic E-state index is 13.7. The molecule has 33 heavy (non-hydrogen) atoms. The van der Waals surface area contributed by atoms with Gasteiger partial charge in [-0.2, -0.15) is 0 Å². The smallest absolute Gasteiger partial charge is 0.202 e. The third-order valence-electron chi connectivity index (χ3n) is 6.82. The lowest BCUT2D eigenvalue weighted by Crippen LogP contribution is -2.14. The van der Waals surface area contributed by atoms with E-state index < -0.39 is 5.92 Å². The van der Waals surface area contributed by atoms with Gasteiger partial charge in [0, 0.05) is 17.5 Å². The molecule has 0 spiro atoms. The van der Waals surface area contributed by atoms with Crippen LogP contribution < -0.4 is 0 Å². The number of unbranched alkanes of at least 4 members (excludes halogenated alkanes) is 2. The molecule has 1 saturated carbocycles. The molecular formula is C31H38F2. The highest BCUT2D eigenvalue weighted by atomic mass is 19.3. The first-order valence-corrected chi connectivity index (χ1v) is 12.8. The second kappa shape index (κ2) is 12.7. The van der Waals surface area contributed by atoms with Crippen LogP contribution in [0, 0.1) is 17.8 Å². The monoisotopic (exact) mass is 448 g/mol. The molecule has 3 rings (SSSR count).